The predicted molar refractivity (Wildman–Crippen MR) is 94.0 cm³/mol. The fourth-order valence-electron chi connectivity index (χ4n) is 2.42. The summed E-state index contributed by atoms with van der Waals surface area (Å²) in [5, 5.41) is 15.7. The zero-order valence-electron chi connectivity index (χ0n) is 13.0. The largest absolute Gasteiger partial charge is 0.393 e. The molecule has 2 aromatic carbocycles. The number of carbonyl (C=O) groups excluding carboxylic acids is 1. The van der Waals surface area contributed by atoms with Gasteiger partial charge in [0.05, 0.1) is 16.8 Å². The molecule has 0 aliphatic carbocycles. The van der Waals surface area contributed by atoms with Gasteiger partial charge in [0.1, 0.15) is 0 Å². The molecule has 0 saturated carbocycles. The second-order valence-electron chi connectivity index (χ2n) is 5.51. The molecule has 0 bridgehead atoms. The number of amides is 2. The SMILES string of the molecule is CC(O)CC(CNC(=O)Nc1ccccc1Cl)c1ccccc1. The lowest BCUT2D eigenvalue weighted by Crippen LogP contribution is -2.33. The first-order valence-corrected chi connectivity index (χ1v) is 7.96. The van der Waals surface area contributed by atoms with Gasteiger partial charge >= 0.3 is 6.03 Å². The Hall–Kier alpha value is -2.04. The van der Waals surface area contributed by atoms with Crippen LogP contribution in [0.1, 0.15) is 24.8 Å². The van der Waals surface area contributed by atoms with Gasteiger partial charge in [0.15, 0.2) is 0 Å². The van der Waals surface area contributed by atoms with Crippen LogP contribution in [-0.4, -0.2) is 23.8 Å². The Bertz CT molecular complexity index is 632. The van der Waals surface area contributed by atoms with Crippen molar-refractivity contribution in [3.63, 3.8) is 0 Å². The number of nitrogens with one attached hydrogen (secondary N) is 2. The first kappa shape index (κ1) is 17.3. The van der Waals surface area contributed by atoms with Crippen LogP contribution in [0.3, 0.4) is 0 Å². The van der Waals surface area contributed by atoms with Gasteiger partial charge in [-0.15, -0.1) is 0 Å². The summed E-state index contributed by atoms with van der Waals surface area (Å²) >= 11 is 6.02. The summed E-state index contributed by atoms with van der Waals surface area (Å²) in [6.45, 7) is 2.19. The zero-order chi connectivity index (χ0) is 16.7. The molecule has 0 fully saturated rings. The average molecular weight is 333 g/mol. The minimum absolute atomic E-state index is 0.0493. The summed E-state index contributed by atoms with van der Waals surface area (Å²) in [5.74, 6) is 0.0493. The van der Waals surface area contributed by atoms with Crippen molar-refractivity contribution in [1.29, 1.82) is 0 Å². The molecule has 0 saturated heterocycles. The van der Waals surface area contributed by atoms with Crippen molar-refractivity contribution in [3.8, 4) is 0 Å². The fourth-order valence-corrected chi connectivity index (χ4v) is 2.60. The molecule has 0 aromatic heterocycles. The summed E-state index contributed by atoms with van der Waals surface area (Å²) in [7, 11) is 0. The van der Waals surface area contributed by atoms with Gasteiger partial charge in [0, 0.05) is 12.5 Å². The molecule has 0 aliphatic rings. The van der Waals surface area contributed by atoms with Gasteiger partial charge < -0.3 is 15.7 Å². The minimum Gasteiger partial charge on any atom is -0.393 e. The van der Waals surface area contributed by atoms with Crippen molar-refractivity contribution < 1.29 is 9.90 Å². The van der Waals surface area contributed by atoms with Gasteiger partial charge in [-0.3, -0.25) is 0 Å². The lowest BCUT2D eigenvalue weighted by Gasteiger charge is -2.20. The van der Waals surface area contributed by atoms with Gasteiger partial charge in [0.2, 0.25) is 0 Å². The Morgan fingerprint density at radius 2 is 1.78 bits per heavy atom. The summed E-state index contributed by atoms with van der Waals surface area (Å²) in [5.41, 5.74) is 1.66. The third-order valence-corrected chi connectivity index (χ3v) is 3.86. The third kappa shape index (κ3) is 5.58. The number of para-hydroxylation sites is 1. The summed E-state index contributed by atoms with van der Waals surface area (Å²) < 4.78 is 0. The number of aliphatic hydroxyl groups is 1. The maximum Gasteiger partial charge on any atom is 0.319 e. The van der Waals surface area contributed by atoms with Crippen molar-refractivity contribution in [3.05, 3.63) is 65.2 Å². The minimum atomic E-state index is -0.436. The molecule has 0 radical (unpaired) electrons. The Morgan fingerprint density at radius 3 is 2.43 bits per heavy atom. The van der Waals surface area contributed by atoms with Crippen molar-refractivity contribution in [1.82, 2.24) is 5.32 Å². The topological polar surface area (TPSA) is 61.4 Å². The zero-order valence-corrected chi connectivity index (χ0v) is 13.8. The number of rotatable bonds is 6. The van der Waals surface area contributed by atoms with E-state index in [1.54, 1.807) is 25.1 Å². The van der Waals surface area contributed by atoms with E-state index in [2.05, 4.69) is 10.6 Å². The third-order valence-electron chi connectivity index (χ3n) is 3.53. The molecule has 4 nitrogen and oxygen atoms in total. The smallest absolute Gasteiger partial charge is 0.319 e. The lowest BCUT2D eigenvalue weighted by atomic mass is 9.93. The van der Waals surface area contributed by atoms with Gasteiger partial charge in [-0.1, -0.05) is 54.1 Å². The number of hydrogen-bond donors (Lipinski definition) is 3. The summed E-state index contributed by atoms with van der Waals surface area (Å²) in [4.78, 5) is 12.0. The normalized spacial score (nSPS) is 13.2. The van der Waals surface area contributed by atoms with Gasteiger partial charge in [0.25, 0.3) is 0 Å². The molecule has 5 heteroatoms. The van der Waals surface area contributed by atoms with Gasteiger partial charge in [-0.05, 0) is 31.0 Å². The van der Waals surface area contributed by atoms with Crippen molar-refractivity contribution in [2.45, 2.75) is 25.4 Å². The first-order valence-electron chi connectivity index (χ1n) is 7.58. The number of carbonyl (C=O) groups is 1. The second-order valence-corrected chi connectivity index (χ2v) is 5.91. The number of urea groups is 1. The average Bonchev–Trinajstić information content (AvgIpc) is 2.54. The van der Waals surface area contributed by atoms with E-state index >= 15 is 0 Å². The highest BCUT2D eigenvalue weighted by atomic mass is 35.5. The van der Waals surface area contributed by atoms with E-state index in [1.165, 1.54) is 0 Å². The van der Waals surface area contributed by atoms with E-state index in [9.17, 15) is 9.90 Å². The predicted octanol–water partition coefficient (Wildman–Crippen LogP) is 4.02. The molecule has 2 amide bonds. The highest BCUT2D eigenvalue weighted by molar-refractivity contribution is 6.33. The van der Waals surface area contributed by atoms with Gasteiger partial charge in [-0.25, -0.2) is 4.79 Å². The van der Waals surface area contributed by atoms with E-state index in [1.807, 2.05) is 36.4 Å². The Kier molecular flexibility index (Phi) is 6.44. The lowest BCUT2D eigenvalue weighted by molar-refractivity contribution is 0.173. The van der Waals surface area contributed by atoms with Crippen LogP contribution in [0.4, 0.5) is 10.5 Å². The van der Waals surface area contributed by atoms with Crippen molar-refractivity contribution >= 4 is 23.3 Å². The monoisotopic (exact) mass is 332 g/mol. The van der Waals surface area contributed by atoms with Gasteiger partial charge in [-0.2, -0.15) is 0 Å². The number of anilines is 1. The van der Waals surface area contributed by atoms with E-state index < -0.39 is 6.10 Å². The molecule has 122 valence electrons. The molecule has 0 spiro atoms. The number of hydrogen-bond acceptors (Lipinski definition) is 2. The van der Waals surface area contributed by atoms with E-state index in [-0.39, 0.29) is 11.9 Å². The summed E-state index contributed by atoms with van der Waals surface area (Å²) in [6, 6.07) is 16.6. The molecule has 0 heterocycles. The standard InChI is InChI=1S/C18H21ClN2O2/c1-13(22)11-15(14-7-3-2-4-8-14)12-20-18(23)21-17-10-6-5-9-16(17)19/h2-10,13,15,22H,11-12H2,1H3,(H2,20,21,23). The molecule has 2 aromatic rings. The van der Waals surface area contributed by atoms with Crippen molar-refractivity contribution in [2.75, 3.05) is 11.9 Å². The van der Waals surface area contributed by atoms with Crippen LogP contribution in [-0.2, 0) is 0 Å². The maximum absolute atomic E-state index is 12.0. The van der Waals surface area contributed by atoms with Crippen LogP contribution in [0.5, 0.6) is 0 Å². The second kappa shape index (κ2) is 8.56. The van der Waals surface area contributed by atoms with Crippen LogP contribution in [0.2, 0.25) is 5.02 Å². The Labute approximate surface area is 141 Å². The molecular weight excluding hydrogens is 312 g/mol. The molecule has 23 heavy (non-hydrogen) atoms. The van der Waals surface area contributed by atoms with Crippen molar-refractivity contribution in [2.24, 2.45) is 0 Å². The molecular formula is C18H21ClN2O2. The number of halogens is 1. The van der Waals surface area contributed by atoms with Crippen LogP contribution in [0, 0.1) is 0 Å². The molecule has 0 aliphatic heterocycles. The quantitative estimate of drug-likeness (QED) is 0.748. The summed E-state index contributed by atoms with van der Waals surface area (Å²) in [6.07, 6.45) is 0.143. The fraction of sp³-hybridized carbons (Fsp3) is 0.278. The van der Waals surface area contributed by atoms with Crippen LogP contribution < -0.4 is 10.6 Å². The van der Waals surface area contributed by atoms with Crippen LogP contribution in [0.25, 0.3) is 0 Å². The van der Waals surface area contributed by atoms with Crippen LogP contribution >= 0.6 is 11.6 Å². The van der Waals surface area contributed by atoms with Crippen LogP contribution in [0.15, 0.2) is 54.6 Å². The maximum atomic E-state index is 12.0. The highest BCUT2D eigenvalue weighted by Gasteiger charge is 2.15. The molecule has 3 N–H and O–H groups in total. The van der Waals surface area contributed by atoms with E-state index in [0.29, 0.717) is 23.7 Å². The van der Waals surface area contributed by atoms with E-state index in [4.69, 9.17) is 11.6 Å². The molecule has 2 unspecified atom stereocenters. The highest BCUT2D eigenvalue weighted by Crippen LogP contribution is 2.22. The van der Waals surface area contributed by atoms with E-state index in [0.717, 1.165) is 5.56 Å². The number of benzene rings is 2. The molecule has 2 rings (SSSR count). The first-order chi connectivity index (χ1) is 11.1. The Morgan fingerprint density at radius 1 is 1.13 bits per heavy atom. The number of aliphatic hydroxyl groups excluding tert-OH is 1. The molecule has 2 atom stereocenters. The Balaban J connectivity index is 1.95.